The number of ether oxygens (including phenoxy) is 4. The number of nitrogens with one attached hydrogen (secondary N) is 1. The van der Waals surface area contributed by atoms with Crippen molar-refractivity contribution in [3.8, 4) is 17.2 Å². The molecule has 0 unspecified atom stereocenters. The van der Waals surface area contributed by atoms with Crippen LogP contribution in [0.2, 0.25) is 0 Å². The first-order valence-corrected chi connectivity index (χ1v) is 9.51. The largest absolute Gasteiger partial charge is 0.482 e. The molecular formula is C22H25NO6. The lowest BCUT2D eigenvalue weighted by Gasteiger charge is -2.14. The Morgan fingerprint density at radius 3 is 2.48 bits per heavy atom. The van der Waals surface area contributed by atoms with Gasteiger partial charge in [0.2, 0.25) is 6.79 Å². The molecule has 7 nitrogen and oxygen atoms in total. The van der Waals surface area contributed by atoms with E-state index in [9.17, 15) is 9.59 Å². The van der Waals surface area contributed by atoms with Crippen molar-refractivity contribution in [3.05, 3.63) is 53.6 Å². The van der Waals surface area contributed by atoms with Gasteiger partial charge in [-0.1, -0.05) is 32.0 Å². The van der Waals surface area contributed by atoms with Crippen molar-refractivity contribution in [2.45, 2.75) is 39.3 Å². The lowest BCUT2D eigenvalue weighted by Crippen LogP contribution is -2.36. The molecule has 29 heavy (non-hydrogen) atoms. The summed E-state index contributed by atoms with van der Waals surface area (Å²) in [4.78, 5) is 24.1. The molecule has 0 saturated heterocycles. The second-order valence-electron chi connectivity index (χ2n) is 7.05. The molecule has 0 radical (unpaired) electrons. The zero-order chi connectivity index (χ0) is 20.8. The minimum atomic E-state index is -0.927. The molecule has 1 heterocycles. The topological polar surface area (TPSA) is 83.1 Å². The average Bonchev–Trinajstić information content (AvgIpc) is 3.18. The minimum Gasteiger partial charge on any atom is -0.482 e. The molecule has 7 heteroatoms. The van der Waals surface area contributed by atoms with Crippen LogP contribution in [0.3, 0.4) is 0 Å². The van der Waals surface area contributed by atoms with E-state index in [2.05, 4.69) is 19.2 Å². The lowest BCUT2D eigenvalue weighted by atomic mass is 10.0. The van der Waals surface area contributed by atoms with Crippen LogP contribution in [-0.2, 0) is 20.9 Å². The summed E-state index contributed by atoms with van der Waals surface area (Å²) >= 11 is 0. The Kier molecular flexibility index (Phi) is 6.59. The summed E-state index contributed by atoms with van der Waals surface area (Å²) in [6, 6.07) is 13.0. The van der Waals surface area contributed by atoms with Crippen molar-refractivity contribution in [2.75, 3.05) is 13.4 Å². The van der Waals surface area contributed by atoms with E-state index in [1.807, 2.05) is 30.3 Å². The molecule has 1 N–H and O–H groups in total. The Morgan fingerprint density at radius 2 is 1.76 bits per heavy atom. The fraction of sp³-hybridized carbons (Fsp3) is 0.364. The fourth-order valence-electron chi connectivity index (χ4n) is 2.76. The molecule has 0 aliphatic carbocycles. The van der Waals surface area contributed by atoms with Crippen molar-refractivity contribution in [3.63, 3.8) is 0 Å². The van der Waals surface area contributed by atoms with Crippen LogP contribution in [0.1, 0.15) is 37.8 Å². The third kappa shape index (κ3) is 5.63. The smallest absolute Gasteiger partial charge is 0.344 e. The van der Waals surface area contributed by atoms with Crippen LogP contribution < -0.4 is 19.5 Å². The average molecular weight is 399 g/mol. The van der Waals surface area contributed by atoms with E-state index in [0.717, 1.165) is 5.56 Å². The first kappa shape index (κ1) is 20.5. The number of carbonyl (C=O) groups is 2. The first-order chi connectivity index (χ1) is 13.9. The van der Waals surface area contributed by atoms with Crippen molar-refractivity contribution in [1.29, 1.82) is 0 Å². The van der Waals surface area contributed by atoms with Crippen LogP contribution in [0, 0.1) is 0 Å². The van der Waals surface area contributed by atoms with Gasteiger partial charge in [-0.15, -0.1) is 0 Å². The maximum absolute atomic E-state index is 12.2. The summed E-state index contributed by atoms with van der Waals surface area (Å²) in [6.07, 6.45) is -0.927. The Morgan fingerprint density at radius 1 is 1.03 bits per heavy atom. The van der Waals surface area contributed by atoms with Gasteiger partial charge < -0.3 is 24.3 Å². The maximum Gasteiger partial charge on any atom is 0.344 e. The molecule has 0 aromatic heterocycles. The highest BCUT2D eigenvalue weighted by Gasteiger charge is 2.19. The molecule has 1 aliphatic rings. The molecule has 0 saturated carbocycles. The van der Waals surface area contributed by atoms with E-state index in [4.69, 9.17) is 18.9 Å². The zero-order valence-electron chi connectivity index (χ0n) is 16.8. The van der Waals surface area contributed by atoms with Crippen molar-refractivity contribution < 1.29 is 28.5 Å². The number of hydrogen-bond acceptors (Lipinski definition) is 6. The number of esters is 1. The summed E-state index contributed by atoms with van der Waals surface area (Å²) in [6.45, 7) is 5.95. The monoisotopic (exact) mass is 399 g/mol. The number of carbonyl (C=O) groups excluding carboxylic acids is 2. The van der Waals surface area contributed by atoms with Crippen molar-refractivity contribution >= 4 is 11.9 Å². The highest BCUT2D eigenvalue weighted by Crippen LogP contribution is 2.32. The van der Waals surface area contributed by atoms with E-state index in [0.29, 0.717) is 23.2 Å². The Hall–Kier alpha value is -3.22. The molecule has 1 aliphatic heterocycles. The van der Waals surface area contributed by atoms with Gasteiger partial charge in [0.25, 0.3) is 5.91 Å². The Labute approximate surface area is 169 Å². The molecule has 3 rings (SSSR count). The summed E-state index contributed by atoms with van der Waals surface area (Å²) in [5.41, 5.74) is 2.04. The Bertz CT molecular complexity index is 862. The number of amides is 1. The predicted octanol–water partition coefficient (Wildman–Crippen LogP) is 3.17. The molecule has 0 spiro atoms. The van der Waals surface area contributed by atoms with E-state index in [1.54, 1.807) is 12.1 Å². The third-order valence-corrected chi connectivity index (χ3v) is 4.48. The lowest BCUT2D eigenvalue weighted by molar-refractivity contribution is -0.156. The Balaban J connectivity index is 1.41. The van der Waals surface area contributed by atoms with Crippen molar-refractivity contribution in [2.24, 2.45) is 0 Å². The second kappa shape index (κ2) is 9.32. The third-order valence-electron chi connectivity index (χ3n) is 4.48. The summed E-state index contributed by atoms with van der Waals surface area (Å²) < 4.78 is 21.1. The van der Waals surface area contributed by atoms with Gasteiger partial charge in [-0.2, -0.15) is 0 Å². The fourth-order valence-corrected chi connectivity index (χ4v) is 2.76. The van der Waals surface area contributed by atoms with Gasteiger partial charge in [-0.25, -0.2) is 4.79 Å². The maximum atomic E-state index is 12.2. The number of rotatable bonds is 8. The summed E-state index contributed by atoms with van der Waals surface area (Å²) in [5, 5.41) is 2.73. The van der Waals surface area contributed by atoms with E-state index in [1.165, 1.54) is 12.5 Å². The van der Waals surface area contributed by atoms with E-state index in [-0.39, 0.29) is 19.9 Å². The zero-order valence-corrected chi connectivity index (χ0v) is 16.8. The van der Waals surface area contributed by atoms with Crippen LogP contribution in [-0.4, -0.2) is 31.4 Å². The molecule has 2 aromatic rings. The van der Waals surface area contributed by atoms with Gasteiger partial charge in [-0.05, 0) is 48.2 Å². The normalized spacial score (nSPS) is 13.1. The van der Waals surface area contributed by atoms with Gasteiger partial charge in [0.05, 0.1) is 0 Å². The molecule has 0 bridgehead atoms. The van der Waals surface area contributed by atoms with Crippen LogP contribution in [0.15, 0.2) is 42.5 Å². The SMILES string of the molecule is CC(C)c1ccc(OCC(=O)O[C@@H](C)C(=O)NCc2ccc3c(c2)OCO3)cc1. The minimum absolute atomic E-state index is 0.197. The van der Waals surface area contributed by atoms with Gasteiger partial charge in [0.1, 0.15) is 5.75 Å². The standard InChI is InChI=1S/C22H25NO6/c1-14(2)17-5-7-18(8-6-17)26-12-21(24)29-15(3)22(25)23-11-16-4-9-19-20(10-16)28-13-27-19/h4-10,14-15H,11-13H2,1-3H3,(H,23,25)/t15-/m0/s1. The van der Waals surface area contributed by atoms with Crippen LogP contribution >= 0.6 is 0 Å². The molecule has 1 amide bonds. The highest BCUT2D eigenvalue weighted by molar-refractivity contribution is 5.83. The number of fused-ring (bicyclic) bond motifs is 1. The molecule has 1 atom stereocenters. The first-order valence-electron chi connectivity index (χ1n) is 9.51. The highest BCUT2D eigenvalue weighted by atomic mass is 16.7. The van der Waals surface area contributed by atoms with Gasteiger partial charge in [0, 0.05) is 6.54 Å². The quantitative estimate of drug-likeness (QED) is 0.687. The van der Waals surface area contributed by atoms with Gasteiger partial charge in [0.15, 0.2) is 24.2 Å². The van der Waals surface area contributed by atoms with Gasteiger partial charge in [-0.3, -0.25) is 4.79 Å². The summed E-state index contributed by atoms with van der Waals surface area (Å²) in [5.74, 6) is 1.33. The van der Waals surface area contributed by atoms with E-state index < -0.39 is 18.0 Å². The molecule has 0 fully saturated rings. The van der Waals surface area contributed by atoms with Crippen LogP contribution in [0.25, 0.3) is 0 Å². The van der Waals surface area contributed by atoms with Crippen molar-refractivity contribution in [1.82, 2.24) is 5.32 Å². The molecular weight excluding hydrogens is 374 g/mol. The van der Waals surface area contributed by atoms with Gasteiger partial charge >= 0.3 is 5.97 Å². The number of benzene rings is 2. The van der Waals surface area contributed by atoms with Crippen LogP contribution in [0.5, 0.6) is 17.2 Å². The summed E-state index contributed by atoms with van der Waals surface area (Å²) in [7, 11) is 0. The predicted molar refractivity (Wildman–Crippen MR) is 106 cm³/mol. The second-order valence-corrected chi connectivity index (χ2v) is 7.05. The van der Waals surface area contributed by atoms with Crippen LogP contribution in [0.4, 0.5) is 0 Å². The van der Waals surface area contributed by atoms with E-state index >= 15 is 0 Å². The number of hydrogen-bond donors (Lipinski definition) is 1. The molecule has 154 valence electrons. The molecule has 2 aromatic carbocycles.